The van der Waals surface area contributed by atoms with Crippen molar-refractivity contribution in [3.8, 4) is 0 Å². The van der Waals surface area contributed by atoms with Crippen molar-refractivity contribution in [1.82, 2.24) is 0 Å². The maximum atomic E-state index is 9.22. The van der Waals surface area contributed by atoms with E-state index in [1.807, 2.05) is 0 Å². The predicted molar refractivity (Wildman–Crippen MR) is 60.1 cm³/mol. The number of rotatable bonds is 11. The van der Waals surface area contributed by atoms with Gasteiger partial charge in [0.1, 0.15) is 19.7 Å². The lowest BCUT2D eigenvalue weighted by molar-refractivity contribution is -0.169. The summed E-state index contributed by atoms with van der Waals surface area (Å²) >= 11 is 0. The van der Waals surface area contributed by atoms with Crippen LogP contribution in [0, 0.1) is 0 Å². The van der Waals surface area contributed by atoms with Gasteiger partial charge in [-0.05, 0) is 6.42 Å². The van der Waals surface area contributed by atoms with Gasteiger partial charge in [-0.1, -0.05) is 19.8 Å². The van der Waals surface area contributed by atoms with Crippen molar-refractivity contribution < 1.29 is 24.1 Å². The molecule has 0 spiro atoms. The molecule has 5 heteroatoms. The first kappa shape index (κ1) is 15.8. The van der Waals surface area contributed by atoms with Crippen molar-refractivity contribution in [1.29, 1.82) is 0 Å². The second-order valence-electron chi connectivity index (χ2n) is 3.55. The van der Waals surface area contributed by atoms with Crippen LogP contribution in [0.3, 0.4) is 0 Å². The van der Waals surface area contributed by atoms with Crippen molar-refractivity contribution in [3.05, 3.63) is 0 Å². The molecular formula is C11H24O5. The fourth-order valence-corrected chi connectivity index (χ4v) is 1.37. The van der Waals surface area contributed by atoms with Gasteiger partial charge in [0.05, 0.1) is 12.7 Å². The van der Waals surface area contributed by atoms with E-state index in [1.165, 1.54) is 0 Å². The van der Waals surface area contributed by atoms with Gasteiger partial charge in [0.15, 0.2) is 0 Å². The molecule has 0 amide bonds. The minimum absolute atomic E-state index is 0.0819. The van der Waals surface area contributed by atoms with Gasteiger partial charge in [0, 0.05) is 14.2 Å². The zero-order valence-corrected chi connectivity index (χ0v) is 10.5. The molecule has 0 bridgehead atoms. The number of unbranched alkanes of at least 4 members (excludes halogenated alkanes) is 1. The monoisotopic (exact) mass is 236 g/mol. The fraction of sp³-hybridized carbons (Fsp3) is 1.00. The van der Waals surface area contributed by atoms with Gasteiger partial charge in [0.25, 0.3) is 0 Å². The van der Waals surface area contributed by atoms with Crippen LogP contribution in [0.1, 0.15) is 26.2 Å². The van der Waals surface area contributed by atoms with E-state index in [4.69, 9.17) is 18.9 Å². The third-order valence-corrected chi connectivity index (χ3v) is 2.24. The van der Waals surface area contributed by atoms with Crippen molar-refractivity contribution >= 4 is 0 Å². The van der Waals surface area contributed by atoms with E-state index in [2.05, 4.69) is 6.92 Å². The van der Waals surface area contributed by atoms with Crippen LogP contribution in [0.4, 0.5) is 0 Å². The zero-order chi connectivity index (χ0) is 12.2. The van der Waals surface area contributed by atoms with Crippen LogP contribution in [-0.2, 0) is 18.9 Å². The summed E-state index contributed by atoms with van der Waals surface area (Å²) in [7, 11) is 3.12. The molecule has 5 nitrogen and oxygen atoms in total. The molecule has 0 aromatic carbocycles. The largest absolute Gasteiger partial charge is 0.394 e. The first-order chi connectivity index (χ1) is 7.79. The molecule has 0 aliphatic rings. The molecule has 0 aromatic rings. The molecule has 1 N–H and O–H groups in total. The normalized spacial score (nSPS) is 15.0. The Bertz CT molecular complexity index is 134. The van der Waals surface area contributed by atoms with Crippen LogP contribution >= 0.6 is 0 Å². The average molecular weight is 236 g/mol. The minimum Gasteiger partial charge on any atom is -0.394 e. The third-order valence-electron chi connectivity index (χ3n) is 2.24. The number of aliphatic hydroxyl groups is 1. The maximum Gasteiger partial charge on any atom is 0.146 e. The molecule has 16 heavy (non-hydrogen) atoms. The average Bonchev–Trinajstić information content (AvgIpc) is 2.32. The molecule has 0 aliphatic heterocycles. The molecular weight excluding hydrogens is 212 g/mol. The summed E-state index contributed by atoms with van der Waals surface area (Å²) in [5.41, 5.74) is 0. The SMILES string of the molecule is CCCCC(OCOC)C(CO)OCOC. The van der Waals surface area contributed by atoms with E-state index in [1.54, 1.807) is 14.2 Å². The predicted octanol–water partition coefficient (Wildman–Crippen LogP) is 1.15. The van der Waals surface area contributed by atoms with Gasteiger partial charge >= 0.3 is 0 Å². The second-order valence-corrected chi connectivity index (χ2v) is 3.55. The molecule has 0 radical (unpaired) electrons. The van der Waals surface area contributed by atoms with Crippen LogP contribution in [-0.4, -0.2) is 51.7 Å². The van der Waals surface area contributed by atoms with E-state index in [9.17, 15) is 5.11 Å². The summed E-state index contributed by atoms with van der Waals surface area (Å²) in [6.07, 6.45) is 2.44. The number of hydrogen-bond acceptors (Lipinski definition) is 5. The maximum absolute atomic E-state index is 9.22. The molecule has 0 rings (SSSR count). The lowest BCUT2D eigenvalue weighted by Gasteiger charge is -2.25. The Hall–Kier alpha value is -0.200. The molecule has 0 aromatic heterocycles. The number of hydrogen-bond donors (Lipinski definition) is 1. The first-order valence-corrected chi connectivity index (χ1v) is 5.62. The van der Waals surface area contributed by atoms with E-state index < -0.39 is 0 Å². The molecule has 2 atom stereocenters. The molecule has 0 saturated carbocycles. The molecule has 2 unspecified atom stereocenters. The summed E-state index contributed by atoms with van der Waals surface area (Å²) in [4.78, 5) is 0. The first-order valence-electron chi connectivity index (χ1n) is 5.62. The van der Waals surface area contributed by atoms with Gasteiger partial charge in [-0.3, -0.25) is 0 Å². The van der Waals surface area contributed by atoms with Gasteiger partial charge in [-0.2, -0.15) is 0 Å². The van der Waals surface area contributed by atoms with Gasteiger partial charge < -0.3 is 24.1 Å². The summed E-state index contributed by atoms with van der Waals surface area (Å²) < 4.78 is 20.5. The van der Waals surface area contributed by atoms with Crippen LogP contribution in [0.5, 0.6) is 0 Å². The quantitative estimate of drug-likeness (QED) is 0.545. The Labute approximate surface area is 97.6 Å². The van der Waals surface area contributed by atoms with Crippen molar-refractivity contribution in [2.45, 2.75) is 38.4 Å². The second kappa shape index (κ2) is 11.3. The Morgan fingerprint density at radius 1 is 1.00 bits per heavy atom. The number of aliphatic hydroxyl groups excluding tert-OH is 1. The highest BCUT2D eigenvalue weighted by Gasteiger charge is 2.21. The smallest absolute Gasteiger partial charge is 0.146 e. The third kappa shape index (κ3) is 7.14. The van der Waals surface area contributed by atoms with Crippen LogP contribution in [0.25, 0.3) is 0 Å². The van der Waals surface area contributed by atoms with Crippen LogP contribution in [0.2, 0.25) is 0 Å². The standard InChI is InChI=1S/C11H24O5/c1-4-5-6-10(15-8-13-2)11(7-12)16-9-14-3/h10-12H,4-9H2,1-3H3. The summed E-state index contributed by atoms with van der Waals surface area (Å²) in [5, 5.41) is 9.22. The highest BCUT2D eigenvalue weighted by atomic mass is 16.7. The highest BCUT2D eigenvalue weighted by molar-refractivity contribution is 4.69. The Kier molecular flexibility index (Phi) is 11.1. The minimum atomic E-state index is -0.360. The summed E-state index contributed by atoms with van der Waals surface area (Å²) in [6, 6.07) is 0. The Morgan fingerprint density at radius 2 is 1.56 bits per heavy atom. The van der Waals surface area contributed by atoms with Gasteiger partial charge in [-0.15, -0.1) is 0 Å². The number of methoxy groups -OCH3 is 2. The summed E-state index contributed by atoms with van der Waals surface area (Å²) in [6.45, 7) is 2.39. The molecule has 0 saturated heterocycles. The molecule has 0 aliphatic carbocycles. The lowest BCUT2D eigenvalue weighted by Crippen LogP contribution is -2.35. The Balaban J connectivity index is 4.06. The van der Waals surface area contributed by atoms with Crippen molar-refractivity contribution in [3.63, 3.8) is 0 Å². The highest BCUT2D eigenvalue weighted by Crippen LogP contribution is 2.12. The number of ether oxygens (including phenoxy) is 4. The topological polar surface area (TPSA) is 57.2 Å². The van der Waals surface area contributed by atoms with Crippen molar-refractivity contribution in [2.75, 3.05) is 34.4 Å². The van der Waals surface area contributed by atoms with Gasteiger partial charge in [-0.25, -0.2) is 0 Å². The van der Waals surface area contributed by atoms with E-state index in [0.717, 1.165) is 19.3 Å². The zero-order valence-electron chi connectivity index (χ0n) is 10.5. The van der Waals surface area contributed by atoms with E-state index in [0.29, 0.717) is 0 Å². The van der Waals surface area contributed by atoms with Gasteiger partial charge in [0.2, 0.25) is 0 Å². The van der Waals surface area contributed by atoms with Crippen molar-refractivity contribution in [2.24, 2.45) is 0 Å². The lowest BCUT2D eigenvalue weighted by atomic mass is 10.1. The van der Waals surface area contributed by atoms with Crippen LogP contribution in [0.15, 0.2) is 0 Å². The fourth-order valence-electron chi connectivity index (χ4n) is 1.37. The Morgan fingerprint density at radius 3 is 2.00 bits per heavy atom. The van der Waals surface area contributed by atoms with E-state index >= 15 is 0 Å². The molecule has 0 heterocycles. The van der Waals surface area contributed by atoms with E-state index in [-0.39, 0.29) is 32.4 Å². The van der Waals surface area contributed by atoms with Crippen LogP contribution < -0.4 is 0 Å². The summed E-state index contributed by atoms with van der Waals surface area (Å²) in [5.74, 6) is 0. The molecule has 98 valence electrons. The molecule has 0 fully saturated rings.